The van der Waals surface area contributed by atoms with Crippen LogP contribution in [0.25, 0.3) is 11.6 Å². The van der Waals surface area contributed by atoms with Gasteiger partial charge in [0, 0.05) is 19.3 Å². The summed E-state index contributed by atoms with van der Waals surface area (Å²) in [5.41, 5.74) is 2.67. The second kappa shape index (κ2) is 12.6. The monoisotopic (exact) mass is 541 g/mol. The van der Waals surface area contributed by atoms with Crippen molar-refractivity contribution in [2.24, 2.45) is 0 Å². The maximum absolute atomic E-state index is 12.7. The Morgan fingerprint density at radius 1 is 1.21 bits per heavy atom. The van der Waals surface area contributed by atoms with E-state index >= 15 is 0 Å². The lowest BCUT2D eigenvalue weighted by Gasteiger charge is -2.24. The number of aryl methyl sites for hydroxylation is 1. The maximum atomic E-state index is 12.7. The number of amides is 3. The summed E-state index contributed by atoms with van der Waals surface area (Å²) in [6, 6.07) is 5.06. The highest BCUT2D eigenvalue weighted by Gasteiger charge is 2.27. The van der Waals surface area contributed by atoms with Crippen molar-refractivity contribution in [2.75, 3.05) is 38.7 Å². The Hall–Kier alpha value is -4.19. The fourth-order valence-electron chi connectivity index (χ4n) is 3.62. The van der Waals surface area contributed by atoms with E-state index in [0.717, 1.165) is 5.69 Å². The minimum absolute atomic E-state index is 0.116. The van der Waals surface area contributed by atoms with Gasteiger partial charge in [0.15, 0.2) is 0 Å². The number of hydrogen-bond acceptors (Lipinski definition) is 8. The number of esters is 1. The molecule has 3 heterocycles. The number of anilines is 1. The summed E-state index contributed by atoms with van der Waals surface area (Å²) in [5.74, 6) is -1.20. The van der Waals surface area contributed by atoms with Crippen molar-refractivity contribution in [3.8, 4) is 0 Å². The molecule has 0 saturated heterocycles. The third kappa shape index (κ3) is 8.14. The molecule has 0 saturated carbocycles. The second-order valence-corrected chi connectivity index (χ2v) is 9.94. The SMILES string of the molecule is CCOC(=O)c1cc(C)[nH]c1/C=C1\C(=O)Nc2ccc(CNC(=O)COCCN(C)C(=O)OC(C)(C)C)nc21. The molecule has 0 aromatic carbocycles. The summed E-state index contributed by atoms with van der Waals surface area (Å²) >= 11 is 0. The Bertz CT molecular complexity index is 1280. The van der Waals surface area contributed by atoms with Gasteiger partial charge in [0.1, 0.15) is 12.2 Å². The minimum Gasteiger partial charge on any atom is -0.462 e. The van der Waals surface area contributed by atoms with Gasteiger partial charge in [0.05, 0.1) is 53.7 Å². The molecule has 39 heavy (non-hydrogen) atoms. The van der Waals surface area contributed by atoms with Crippen LogP contribution in [0.3, 0.4) is 0 Å². The number of pyridine rings is 1. The number of rotatable bonds is 10. The van der Waals surface area contributed by atoms with Gasteiger partial charge in [-0.15, -0.1) is 0 Å². The summed E-state index contributed by atoms with van der Waals surface area (Å²) in [6.45, 7) is 9.45. The van der Waals surface area contributed by atoms with Gasteiger partial charge >= 0.3 is 12.1 Å². The average molecular weight is 542 g/mol. The highest BCUT2D eigenvalue weighted by Crippen LogP contribution is 2.32. The van der Waals surface area contributed by atoms with E-state index in [-0.39, 0.29) is 50.3 Å². The number of H-pyrrole nitrogens is 1. The van der Waals surface area contributed by atoms with Crippen LogP contribution in [-0.4, -0.2) is 77.8 Å². The van der Waals surface area contributed by atoms with Gasteiger partial charge in [-0.05, 0) is 58.9 Å². The molecule has 1 aliphatic rings. The number of aromatic nitrogens is 2. The van der Waals surface area contributed by atoms with Gasteiger partial charge in [0.2, 0.25) is 5.91 Å². The molecule has 3 N–H and O–H groups in total. The Balaban J connectivity index is 1.58. The normalized spacial score (nSPS) is 13.6. The van der Waals surface area contributed by atoms with E-state index in [1.807, 2.05) is 0 Å². The molecule has 1 aliphatic heterocycles. The van der Waals surface area contributed by atoms with Crippen molar-refractivity contribution < 1.29 is 33.4 Å². The Morgan fingerprint density at radius 3 is 2.64 bits per heavy atom. The molecule has 0 bridgehead atoms. The first kappa shape index (κ1) is 29.4. The molecule has 2 aromatic rings. The van der Waals surface area contributed by atoms with Gasteiger partial charge in [0.25, 0.3) is 5.91 Å². The van der Waals surface area contributed by atoms with Gasteiger partial charge < -0.3 is 34.7 Å². The molecule has 2 aromatic heterocycles. The van der Waals surface area contributed by atoms with Crippen LogP contribution in [-0.2, 0) is 30.3 Å². The van der Waals surface area contributed by atoms with Crippen LogP contribution in [0.15, 0.2) is 18.2 Å². The van der Waals surface area contributed by atoms with Crippen LogP contribution in [0.1, 0.15) is 60.8 Å². The molecular formula is C27H35N5O7. The molecular weight excluding hydrogens is 506 g/mol. The quantitative estimate of drug-likeness (QED) is 0.236. The fraction of sp³-hybridized carbons (Fsp3) is 0.444. The summed E-state index contributed by atoms with van der Waals surface area (Å²) in [6.07, 6.45) is 1.10. The minimum atomic E-state index is -0.593. The number of fused-ring (bicyclic) bond motifs is 1. The third-order valence-corrected chi connectivity index (χ3v) is 5.44. The van der Waals surface area contributed by atoms with E-state index in [1.165, 1.54) is 4.90 Å². The predicted octanol–water partition coefficient (Wildman–Crippen LogP) is 2.89. The van der Waals surface area contributed by atoms with Crippen LogP contribution in [0.4, 0.5) is 10.5 Å². The first-order chi connectivity index (χ1) is 18.4. The van der Waals surface area contributed by atoms with Gasteiger partial charge in [-0.1, -0.05) is 0 Å². The molecule has 12 heteroatoms. The van der Waals surface area contributed by atoms with Crippen molar-refractivity contribution in [1.29, 1.82) is 0 Å². The van der Waals surface area contributed by atoms with E-state index in [0.29, 0.717) is 28.3 Å². The summed E-state index contributed by atoms with van der Waals surface area (Å²) in [7, 11) is 1.59. The summed E-state index contributed by atoms with van der Waals surface area (Å²) < 4.78 is 15.7. The number of carbonyl (C=O) groups excluding carboxylic acids is 4. The Labute approximate surface area is 227 Å². The number of ether oxygens (including phenoxy) is 3. The molecule has 0 aliphatic carbocycles. The van der Waals surface area contributed by atoms with E-state index in [4.69, 9.17) is 14.2 Å². The lowest BCUT2D eigenvalue weighted by atomic mass is 10.1. The highest BCUT2D eigenvalue weighted by molar-refractivity contribution is 6.34. The van der Waals surface area contributed by atoms with Crippen molar-refractivity contribution in [3.05, 3.63) is 46.5 Å². The van der Waals surface area contributed by atoms with Crippen molar-refractivity contribution in [2.45, 2.75) is 46.8 Å². The molecule has 0 unspecified atom stereocenters. The average Bonchev–Trinajstić information content (AvgIpc) is 3.38. The van der Waals surface area contributed by atoms with E-state index in [1.54, 1.807) is 65.9 Å². The van der Waals surface area contributed by atoms with Gasteiger partial charge in [-0.2, -0.15) is 0 Å². The molecule has 0 radical (unpaired) electrons. The molecule has 3 rings (SSSR count). The molecule has 3 amide bonds. The van der Waals surface area contributed by atoms with Crippen LogP contribution in [0.5, 0.6) is 0 Å². The van der Waals surface area contributed by atoms with Crippen molar-refractivity contribution in [3.63, 3.8) is 0 Å². The largest absolute Gasteiger partial charge is 0.462 e. The van der Waals surface area contributed by atoms with Crippen LogP contribution in [0, 0.1) is 6.92 Å². The number of nitrogens with one attached hydrogen (secondary N) is 3. The molecule has 12 nitrogen and oxygen atoms in total. The van der Waals surface area contributed by atoms with E-state index in [9.17, 15) is 19.2 Å². The second-order valence-electron chi connectivity index (χ2n) is 9.94. The van der Waals surface area contributed by atoms with Crippen molar-refractivity contribution in [1.82, 2.24) is 20.2 Å². The first-order valence-electron chi connectivity index (χ1n) is 12.6. The summed E-state index contributed by atoms with van der Waals surface area (Å²) in [5, 5.41) is 5.49. The van der Waals surface area contributed by atoms with Crippen LogP contribution < -0.4 is 10.6 Å². The zero-order chi connectivity index (χ0) is 28.7. The van der Waals surface area contributed by atoms with E-state index < -0.39 is 17.7 Å². The van der Waals surface area contributed by atoms with Crippen LogP contribution in [0.2, 0.25) is 0 Å². The lowest BCUT2D eigenvalue weighted by molar-refractivity contribution is -0.126. The fourth-order valence-corrected chi connectivity index (χ4v) is 3.62. The summed E-state index contributed by atoms with van der Waals surface area (Å²) in [4.78, 5) is 58.2. The van der Waals surface area contributed by atoms with Crippen molar-refractivity contribution >= 4 is 41.2 Å². The maximum Gasteiger partial charge on any atom is 0.410 e. The number of nitrogens with zero attached hydrogens (tertiary/aromatic N) is 2. The zero-order valence-electron chi connectivity index (χ0n) is 23.1. The van der Waals surface area contributed by atoms with Gasteiger partial charge in [-0.25, -0.2) is 14.6 Å². The number of likely N-dealkylation sites (N-methyl/N-ethyl adjacent to an activating group) is 1. The topological polar surface area (TPSA) is 152 Å². The number of hydrogen-bond donors (Lipinski definition) is 3. The standard InChI is InChI=1S/C27H35N5O7/c1-7-38-25(35)18-12-16(2)29-21(18)13-19-23-20(31-24(19)34)9-8-17(30-23)14-28-22(33)15-37-11-10-32(6)26(36)39-27(3,4)5/h8-9,12-13,29H,7,10-11,14-15H2,1-6H3,(H,28,33)(H,31,34)/b19-13-. The number of carbonyl (C=O) groups is 4. The highest BCUT2D eigenvalue weighted by atomic mass is 16.6. The third-order valence-electron chi connectivity index (χ3n) is 5.44. The van der Waals surface area contributed by atoms with Gasteiger partial charge in [-0.3, -0.25) is 9.59 Å². The molecule has 0 fully saturated rings. The zero-order valence-corrected chi connectivity index (χ0v) is 23.1. The lowest BCUT2D eigenvalue weighted by Crippen LogP contribution is -2.36. The van der Waals surface area contributed by atoms with E-state index in [2.05, 4.69) is 20.6 Å². The Morgan fingerprint density at radius 2 is 1.95 bits per heavy atom. The smallest absolute Gasteiger partial charge is 0.410 e. The Kier molecular flexibility index (Phi) is 9.47. The molecule has 0 atom stereocenters. The predicted molar refractivity (Wildman–Crippen MR) is 144 cm³/mol. The number of aromatic amines is 1. The molecule has 0 spiro atoms. The van der Waals surface area contributed by atoms with Crippen LogP contribution >= 0.6 is 0 Å². The molecule has 210 valence electrons. The first-order valence-corrected chi connectivity index (χ1v) is 12.6.